The number of ketones is 1. The highest BCUT2D eigenvalue weighted by Gasteiger charge is 2.22. The number of nitrogen functional groups attached to an aromatic ring is 1. The van der Waals surface area contributed by atoms with Crippen LogP contribution >= 0.6 is 11.6 Å². The molecule has 0 aliphatic heterocycles. The van der Waals surface area contributed by atoms with Crippen molar-refractivity contribution in [3.8, 4) is 0 Å². The zero-order valence-corrected chi connectivity index (χ0v) is 17.1. The van der Waals surface area contributed by atoms with Gasteiger partial charge in [0, 0.05) is 23.8 Å². The van der Waals surface area contributed by atoms with Gasteiger partial charge in [-0.3, -0.25) is 20.2 Å². The molecule has 0 saturated carbocycles. The quantitative estimate of drug-likeness (QED) is 0.397. The molecule has 1 heterocycles. The number of anilines is 4. The zero-order valence-electron chi connectivity index (χ0n) is 16.3. The Morgan fingerprint density at radius 1 is 1.33 bits per heavy atom. The van der Waals surface area contributed by atoms with Crippen LogP contribution in [0.4, 0.5) is 33.5 Å². The minimum absolute atomic E-state index is 0.0511. The van der Waals surface area contributed by atoms with Gasteiger partial charge >= 0.3 is 11.8 Å². The second-order valence-electron chi connectivity index (χ2n) is 6.12. The Morgan fingerprint density at radius 3 is 2.60 bits per heavy atom. The molecular formula is C18H21ClN6O5. The van der Waals surface area contributed by atoms with Crippen molar-refractivity contribution in [1.29, 1.82) is 0 Å². The Labute approximate surface area is 177 Å². The Balaban J connectivity index is 2.10. The number of carbonyl (C=O) groups excluding carboxylic acids is 2. The maximum absolute atomic E-state index is 12.3. The molecule has 0 aliphatic carbocycles. The summed E-state index contributed by atoms with van der Waals surface area (Å²) in [4.78, 5) is 40.0. The summed E-state index contributed by atoms with van der Waals surface area (Å²) in [6.45, 7) is 1.60. The molecule has 1 aromatic heterocycles. The van der Waals surface area contributed by atoms with Crippen molar-refractivity contribution in [1.82, 2.24) is 4.98 Å². The number of amides is 1. The molecule has 0 spiro atoms. The van der Waals surface area contributed by atoms with E-state index in [1.807, 2.05) is 0 Å². The number of aromatic nitrogens is 1. The first-order valence-electron chi connectivity index (χ1n) is 8.82. The average Bonchev–Trinajstić information content (AvgIpc) is 2.66. The highest BCUT2D eigenvalue weighted by atomic mass is 35.5. The molecule has 160 valence electrons. The first-order valence-corrected chi connectivity index (χ1v) is 9.20. The van der Waals surface area contributed by atoms with E-state index in [1.165, 1.54) is 6.07 Å². The number of nitrogens with two attached hydrogens (primary N) is 1. The number of halogens is 1. The first-order chi connectivity index (χ1) is 14.2. The van der Waals surface area contributed by atoms with Crippen LogP contribution in [0.5, 0.6) is 0 Å². The normalized spacial score (nSPS) is 10.2. The molecule has 2 aromatic rings. The number of carbonyl (C=O) groups is 2. The summed E-state index contributed by atoms with van der Waals surface area (Å²) in [6.07, 6.45) is -0.787. The van der Waals surface area contributed by atoms with Crippen LogP contribution in [0.1, 0.15) is 6.92 Å². The zero-order chi connectivity index (χ0) is 22.3. The van der Waals surface area contributed by atoms with Crippen molar-refractivity contribution in [3.63, 3.8) is 0 Å². The number of nitrogens with one attached hydrogen (secondary N) is 2. The van der Waals surface area contributed by atoms with Gasteiger partial charge in [-0.25, -0.2) is 9.78 Å². The highest BCUT2D eigenvalue weighted by Crippen LogP contribution is 2.32. The van der Waals surface area contributed by atoms with Crippen LogP contribution in [0.25, 0.3) is 0 Å². The fourth-order valence-corrected chi connectivity index (χ4v) is 2.65. The lowest BCUT2D eigenvalue weighted by atomic mass is 10.2. The third-order valence-electron chi connectivity index (χ3n) is 3.86. The number of hydrogen-bond acceptors (Lipinski definition) is 9. The minimum atomic E-state index is -0.787. The summed E-state index contributed by atoms with van der Waals surface area (Å²) >= 11 is 5.85. The molecule has 30 heavy (non-hydrogen) atoms. The maximum Gasteiger partial charge on any atom is 0.412 e. The largest absolute Gasteiger partial charge is 0.450 e. The van der Waals surface area contributed by atoms with Crippen LogP contribution in [0.3, 0.4) is 0 Å². The number of rotatable bonds is 9. The number of ether oxygens (including phenoxy) is 1. The van der Waals surface area contributed by atoms with Crippen molar-refractivity contribution >= 4 is 52.2 Å². The molecule has 1 amide bonds. The molecule has 0 aliphatic rings. The van der Waals surface area contributed by atoms with E-state index in [0.29, 0.717) is 5.02 Å². The van der Waals surface area contributed by atoms with Crippen LogP contribution < -0.4 is 21.3 Å². The third-order valence-corrected chi connectivity index (χ3v) is 4.12. The van der Waals surface area contributed by atoms with Gasteiger partial charge in [-0.1, -0.05) is 11.6 Å². The van der Waals surface area contributed by atoms with Gasteiger partial charge in [0.05, 0.1) is 24.6 Å². The van der Waals surface area contributed by atoms with Gasteiger partial charge in [-0.2, -0.15) is 0 Å². The lowest BCUT2D eigenvalue weighted by molar-refractivity contribution is -0.383. The van der Waals surface area contributed by atoms with Crippen LogP contribution in [0.15, 0.2) is 30.3 Å². The third kappa shape index (κ3) is 6.21. The molecule has 1 aromatic carbocycles. The van der Waals surface area contributed by atoms with Gasteiger partial charge in [0.2, 0.25) is 5.82 Å². The smallest absolute Gasteiger partial charge is 0.412 e. The van der Waals surface area contributed by atoms with Gasteiger partial charge in [0.25, 0.3) is 0 Å². The minimum Gasteiger partial charge on any atom is -0.450 e. The second-order valence-corrected chi connectivity index (χ2v) is 6.55. The van der Waals surface area contributed by atoms with Gasteiger partial charge in [0.1, 0.15) is 11.5 Å². The predicted octanol–water partition coefficient (Wildman–Crippen LogP) is 2.91. The van der Waals surface area contributed by atoms with Crippen LogP contribution in [0, 0.1) is 10.1 Å². The average molecular weight is 437 g/mol. The Bertz CT molecular complexity index is 937. The van der Waals surface area contributed by atoms with E-state index in [2.05, 4.69) is 15.6 Å². The van der Waals surface area contributed by atoms with Crippen molar-refractivity contribution in [2.75, 3.05) is 48.0 Å². The first kappa shape index (κ1) is 22.7. The fourth-order valence-electron chi connectivity index (χ4n) is 2.52. The van der Waals surface area contributed by atoms with Crippen LogP contribution in [0.2, 0.25) is 5.02 Å². The van der Waals surface area contributed by atoms with E-state index >= 15 is 0 Å². The topological polar surface area (TPSA) is 153 Å². The molecule has 2 rings (SSSR count). The Hall–Kier alpha value is -3.60. The van der Waals surface area contributed by atoms with E-state index < -0.39 is 22.5 Å². The van der Waals surface area contributed by atoms with Gasteiger partial charge in [-0.15, -0.1) is 0 Å². The van der Waals surface area contributed by atoms with Crippen molar-refractivity contribution in [2.24, 2.45) is 0 Å². The van der Waals surface area contributed by atoms with E-state index in [0.717, 1.165) is 5.69 Å². The van der Waals surface area contributed by atoms with E-state index in [4.69, 9.17) is 22.1 Å². The Morgan fingerprint density at radius 2 is 2.00 bits per heavy atom. The van der Waals surface area contributed by atoms with Crippen LogP contribution in [-0.2, 0) is 9.53 Å². The Kier molecular flexibility index (Phi) is 7.76. The molecular weight excluding hydrogens is 416 g/mol. The van der Waals surface area contributed by atoms with Crippen molar-refractivity contribution in [2.45, 2.75) is 6.92 Å². The molecule has 12 heteroatoms. The monoisotopic (exact) mass is 436 g/mol. The highest BCUT2D eigenvalue weighted by molar-refractivity contribution is 6.30. The van der Waals surface area contributed by atoms with Crippen LogP contribution in [-0.4, -0.2) is 48.5 Å². The number of benzene rings is 1. The van der Waals surface area contributed by atoms with Gasteiger partial charge < -0.3 is 20.7 Å². The summed E-state index contributed by atoms with van der Waals surface area (Å²) in [5.41, 5.74) is 5.89. The second kappa shape index (κ2) is 10.3. The molecule has 0 atom stereocenters. The van der Waals surface area contributed by atoms with E-state index in [9.17, 15) is 19.7 Å². The maximum atomic E-state index is 12.3. The summed E-state index contributed by atoms with van der Waals surface area (Å²) in [7, 11) is 1.73. The molecule has 0 radical (unpaired) electrons. The molecule has 11 nitrogen and oxygen atoms in total. The summed E-state index contributed by atoms with van der Waals surface area (Å²) in [6, 6.07) is 8.16. The number of pyridine rings is 1. The lowest BCUT2D eigenvalue weighted by Gasteiger charge is -2.19. The van der Waals surface area contributed by atoms with Gasteiger partial charge in [0.15, 0.2) is 5.78 Å². The van der Waals surface area contributed by atoms with E-state index in [1.54, 1.807) is 43.1 Å². The summed E-state index contributed by atoms with van der Waals surface area (Å²) < 4.78 is 4.74. The fraction of sp³-hybridized carbons (Fsp3) is 0.278. The van der Waals surface area contributed by atoms with E-state index in [-0.39, 0.29) is 37.0 Å². The standard InChI is InChI=1S/C18H21ClN6O5/c1-3-30-18(27)23-15-8-14(16(25(28)29)17(20)22-15)21-9-13(26)10-24(2)12-6-4-11(19)5-7-12/h4-8H,3,9-10H2,1-2H3,(H4,20,21,22,23,27). The summed E-state index contributed by atoms with van der Waals surface area (Å²) in [5.74, 6) is -0.704. The number of hydrogen-bond donors (Lipinski definition) is 3. The molecule has 0 saturated heterocycles. The van der Waals surface area contributed by atoms with Crippen molar-refractivity contribution < 1.29 is 19.2 Å². The molecule has 0 bridgehead atoms. The summed E-state index contributed by atoms with van der Waals surface area (Å²) in [5, 5.41) is 16.9. The molecule has 0 fully saturated rings. The molecule has 4 N–H and O–H groups in total. The predicted molar refractivity (Wildman–Crippen MR) is 114 cm³/mol. The lowest BCUT2D eigenvalue weighted by Crippen LogP contribution is -2.30. The molecule has 0 unspecified atom stereocenters. The number of nitro groups is 1. The van der Waals surface area contributed by atoms with Gasteiger partial charge in [-0.05, 0) is 31.2 Å². The number of likely N-dealkylation sites (N-methyl/N-ethyl adjacent to an activating group) is 1. The number of Topliss-reactive ketones (excluding diaryl/α,β-unsaturated/α-hetero) is 1. The van der Waals surface area contributed by atoms with Crippen molar-refractivity contribution in [3.05, 3.63) is 45.5 Å². The number of nitrogens with zero attached hydrogens (tertiary/aromatic N) is 3. The SMILES string of the molecule is CCOC(=O)Nc1cc(NCC(=O)CN(C)c2ccc(Cl)cc2)c([N+](=O)[O-])c(N)n1.